The summed E-state index contributed by atoms with van der Waals surface area (Å²) >= 11 is 0.951. The van der Waals surface area contributed by atoms with Gasteiger partial charge in [-0.05, 0) is 6.92 Å². The number of β-amino-alcohol motifs (C(OH)–C–C–N with tert-alkyl or cyclic N) is 1. The van der Waals surface area contributed by atoms with E-state index in [4.69, 9.17) is 0 Å². The van der Waals surface area contributed by atoms with Crippen LogP contribution in [0.3, 0.4) is 0 Å². The van der Waals surface area contributed by atoms with Crippen LogP contribution in [0, 0.1) is 6.92 Å². The van der Waals surface area contributed by atoms with Crippen LogP contribution >= 0.6 is 11.7 Å². The van der Waals surface area contributed by atoms with Crippen molar-refractivity contribution in [3.8, 4) is 0 Å². The molecule has 15 heavy (non-hydrogen) atoms. The van der Waals surface area contributed by atoms with Gasteiger partial charge in [0.25, 0.3) is 5.91 Å². The lowest BCUT2D eigenvalue weighted by Crippen LogP contribution is -2.30. The molecule has 1 aromatic rings. The summed E-state index contributed by atoms with van der Waals surface area (Å²) in [6.45, 7) is 1.63. The fourth-order valence-corrected chi connectivity index (χ4v) is 2.03. The number of nitrogens with zero attached hydrogens (tertiary/aromatic N) is 3. The molecule has 0 bridgehead atoms. The number of amides is 1. The van der Waals surface area contributed by atoms with Gasteiger partial charge in [0.15, 0.2) is 5.69 Å². The number of alkyl halides is 1. The van der Waals surface area contributed by atoms with E-state index < -0.39 is 12.3 Å². The average Bonchev–Trinajstić information content (AvgIpc) is 2.74. The lowest BCUT2D eigenvalue weighted by molar-refractivity contribution is 0.0759. The SMILES string of the molecule is Cc1nsnc1C(=O)N1C[C@@H](O)[C@H](F)C1. The van der Waals surface area contributed by atoms with Crippen LogP contribution in [0.15, 0.2) is 0 Å². The molecule has 82 valence electrons. The maximum Gasteiger partial charge on any atom is 0.275 e. The third-order valence-electron chi connectivity index (χ3n) is 2.36. The molecule has 0 unspecified atom stereocenters. The first-order valence-corrected chi connectivity index (χ1v) is 5.23. The zero-order chi connectivity index (χ0) is 11.0. The number of aryl methyl sites for hydroxylation is 1. The molecule has 7 heteroatoms. The largest absolute Gasteiger partial charge is 0.388 e. The van der Waals surface area contributed by atoms with Crippen LogP contribution in [-0.2, 0) is 0 Å². The molecule has 0 saturated carbocycles. The van der Waals surface area contributed by atoms with Gasteiger partial charge in [0, 0.05) is 0 Å². The maximum atomic E-state index is 13.0. The highest BCUT2D eigenvalue weighted by Gasteiger charge is 2.35. The first-order chi connectivity index (χ1) is 7.09. The number of carbonyl (C=O) groups is 1. The molecular weight excluding hydrogens is 221 g/mol. The highest BCUT2D eigenvalue weighted by atomic mass is 32.1. The van der Waals surface area contributed by atoms with E-state index in [0.717, 1.165) is 11.7 Å². The van der Waals surface area contributed by atoms with Crippen molar-refractivity contribution in [3.05, 3.63) is 11.4 Å². The molecule has 1 fully saturated rings. The zero-order valence-corrected chi connectivity index (χ0v) is 8.87. The van der Waals surface area contributed by atoms with E-state index in [2.05, 4.69) is 8.75 Å². The van der Waals surface area contributed by atoms with E-state index in [1.54, 1.807) is 6.92 Å². The topological polar surface area (TPSA) is 66.3 Å². The molecule has 1 saturated heterocycles. The first-order valence-electron chi connectivity index (χ1n) is 4.50. The van der Waals surface area contributed by atoms with Crippen molar-refractivity contribution in [3.63, 3.8) is 0 Å². The summed E-state index contributed by atoms with van der Waals surface area (Å²) in [5.41, 5.74) is 0.795. The molecule has 0 aliphatic carbocycles. The monoisotopic (exact) mass is 231 g/mol. The Labute approximate surface area is 89.9 Å². The lowest BCUT2D eigenvalue weighted by atomic mass is 10.3. The molecule has 0 radical (unpaired) electrons. The van der Waals surface area contributed by atoms with Gasteiger partial charge in [0.2, 0.25) is 0 Å². The number of aromatic nitrogens is 2. The number of hydrogen-bond acceptors (Lipinski definition) is 5. The minimum absolute atomic E-state index is 0.0248. The van der Waals surface area contributed by atoms with Gasteiger partial charge in [-0.2, -0.15) is 8.75 Å². The van der Waals surface area contributed by atoms with Crippen molar-refractivity contribution in [2.75, 3.05) is 13.1 Å². The summed E-state index contributed by atoms with van der Waals surface area (Å²) in [5.74, 6) is -0.361. The van der Waals surface area contributed by atoms with E-state index in [1.807, 2.05) is 0 Å². The maximum absolute atomic E-state index is 13.0. The minimum atomic E-state index is -1.36. The van der Waals surface area contributed by atoms with Gasteiger partial charge in [-0.1, -0.05) is 0 Å². The Morgan fingerprint density at radius 3 is 2.80 bits per heavy atom. The van der Waals surface area contributed by atoms with Crippen molar-refractivity contribution in [1.29, 1.82) is 0 Å². The van der Waals surface area contributed by atoms with Crippen molar-refractivity contribution in [2.24, 2.45) is 0 Å². The predicted molar refractivity (Wildman–Crippen MR) is 51.5 cm³/mol. The van der Waals surface area contributed by atoms with Crippen molar-refractivity contribution in [2.45, 2.75) is 19.2 Å². The van der Waals surface area contributed by atoms with Crippen molar-refractivity contribution < 1.29 is 14.3 Å². The second-order valence-electron chi connectivity index (χ2n) is 3.49. The molecule has 5 nitrogen and oxygen atoms in total. The van der Waals surface area contributed by atoms with E-state index in [9.17, 15) is 14.3 Å². The Hall–Kier alpha value is -1.08. The van der Waals surface area contributed by atoms with E-state index in [-0.39, 0.29) is 24.7 Å². The zero-order valence-electron chi connectivity index (χ0n) is 8.05. The van der Waals surface area contributed by atoms with Crippen LogP contribution in [0.25, 0.3) is 0 Å². The molecule has 2 heterocycles. The predicted octanol–water partition coefficient (Wildman–Crippen LogP) is 0.00132. The number of rotatable bonds is 1. The Morgan fingerprint density at radius 2 is 2.33 bits per heavy atom. The lowest BCUT2D eigenvalue weighted by Gasteiger charge is -2.13. The quantitative estimate of drug-likeness (QED) is 0.739. The molecule has 2 atom stereocenters. The summed E-state index contributed by atoms with van der Waals surface area (Å²) < 4.78 is 20.7. The molecule has 0 spiro atoms. The molecule has 1 aliphatic rings. The van der Waals surface area contributed by atoms with E-state index in [0.29, 0.717) is 5.69 Å². The fourth-order valence-electron chi connectivity index (χ4n) is 1.49. The van der Waals surface area contributed by atoms with E-state index in [1.165, 1.54) is 4.90 Å². The van der Waals surface area contributed by atoms with E-state index >= 15 is 0 Å². The Morgan fingerprint density at radius 1 is 1.60 bits per heavy atom. The molecule has 1 aromatic heterocycles. The van der Waals surface area contributed by atoms with Crippen LogP contribution < -0.4 is 0 Å². The third kappa shape index (κ3) is 1.84. The highest BCUT2D eigenvalue weighted by Crippen LogP contribution is 2.17. The average molecular weight is 231 g/mol. The number of hydrogen-bond donors (Lipinski definition) is 1. The van der Waals surface area contributed by atoms with Crippen molar-refractivity contribution >= 4 is 17.6 Å². The standard InChI is InChI=1S/C8H10FN3O2S/c1-4-7(11-15-10-4)8(14)12-2-5(9)6(13)3-12/h5-6,13H,2-3H2,1H3/t5-,6-/m1/s1. The number of likely N-dealkylation sites (tertiary alicyclic amines) is 1. The van der Waals surface area contributed by atoms with Gasteiger partial charge in [-0.3, -0.25) is 4.79 Å². The van der Waals surface area contributed by atoms with Gasteiger partial charge in [-0.25, -0.2) is 4.39 Å². The summed E-state index contributed by atoms with van der Waals surface area (Å²) in [6, 6.07) is 0. The Bertz CT molecular complexity index is 374. The van der Waals surface area contributed by atoms with Gasteiger partial charge in [-0.15, -0.1) is 0 Å². The second-order valence-corrected chi connectivity index (χ2v) is 4.02. The Balaban J connectivity index is 2.13. The first kappa shape index (κ1) is 10.4. The smallest absolute Gasteiger partial charge is 0.275 e. The molecule has 1 aliphatic heterocycles. The van der Waals surface area contributed by atoms with Gasteiger partial charge in [0.05, 0.1) is 30.5 Å². The van der Waals surface area contributed by atoms with Gasteiger partial charge in [0.1, 0.15) is 12.3 Å². The molecule has 1 amide bonds. The van der Waals surface area contributed by atoms with Crippen LogP contribution in [0.1, 0.15) is 16.2 Å². The fraction of sp³-hybridized carbons (Fsp3) is 0.625. The van der Waals surface area contributed by atoms with Gasteiger partial charge < -0.3 is 10.0 Å². The Kier molecular flexibility index (Phi) is 2.66. The van der Waals surface area contributed by atoms with Crippen LogP contribution in [0.5, 0.6) is 0 Å². The summed E-state index contributed by atoms with van der Waals surface area (Å²) in [5, 5.41) is 9.18. The second kappa shape index (κ2) is 3.82. The number of aliphatic hydroxyl groups is 1. The minimum Gasteiger partial charge on any atom is -0.388 e. The van der Waals surface area contributed by atoms with Crippen LogP contribution in [0.2, 0.25) is 0 Å². The number of carbonyl (C=O) groups excluding carboxylic acids is 1. The van der Waals surface area contributed by atoms with Gasteiger partial charge >= 0.3 is 0 Å². The van der Waals surface area contributed by atoms with Crippen LogP contribution in [-0.4, -0.2) is 50.0 Å². The summed E-state index contributed by atoms with van der Waals surface area (Å²) in [6.07, 6.45) is -2.44. The number of aliphatic hydroxyl groups excluding tert-OH is 1. The summed E-state index contributed by atoms with van der Waals surface area (Å²) in [7, 11) is 0. The molecule has 2 rings (SSSR count). The normalized spacial score (nSPS) is 25.9. The molecule has 0 aromatic carbocycles. The van der Waals surface area contributed by atoms with Crippen LogP contribution in [0.4, 0.5) is 4.39 Å². The molecular formula is C8H10FN3O2S. The van der Waals surface area contributed by atoms with Crippen molar-refractivity contribution in [1.82, 2.24) is 13.6 Å². The molecule has 1 N–H and O–H groups in total. The highest BCUT2D eigenvalue weighted by molar-refractivity contribution is 6.99. The third-order valence-corrected chi connectivity index (χ3v) is 2.98. The number of halogens is 1. The summed E-state index contributed by atoms with van der Waals surface area (Å²) in [4.78, 5) is 13.0.